The maximum Gasteiger partial charge on any atom is 0.407 e. The molecule has 71 heavy (non-hydrogen) atoms. The van der Waals surface area contributed by atoms with Gasteiger partial charge >= 0.3 is 24.2 Å². The largest absolute Gasteiger partial charge is 0.465 e. The van der Waals surface area contributed by atoms with Gasteiger partial charge < -0.3 is 59.3 Å². The summed E-state index contributed by atoms with van der Waals surface area (Å²) in [6, 6.07) is 17.8. The van der Waals surface area contributed by atoms with E-state index in [1.165, 1.54) is 38.2 Å². The number of aromatic nitrogens is 4. The Balaban J connectivity index is 0.000000185. The van der Waals surface area contributed by atoms with E-state index in [4.69, 9.17) is 29.7 Å². The highest BCUT2D eigenvalue weighted by atomic mass is 16.5. The zero-order valence-electron chi connectivity index (χ0n) is 41.2. The number of piperazine rings is 2. The van der Waals surface area contributed by atoms with Crippen molar-refractivity contribution in [1.29, 1.82) is 10.5 Å². The van der Waals surface area contributed by atoms with Crippen molar-refractivity contribution in [3.05, 3.63) is 64.5 Å². The molecule has 376 valence electrons. The molecule has 4 aromatic rings. The second-order valence-electron chi connectivity index (χ2n) is 19.6. The quantitative estimate of drug-likeness (QED) is 0.185. The van der Waals surface area contributed by atoms with Crippen LogP contribution < -0.4 is 29.5 Å². The number of likely N-dealkylation sites (N-methyl/N-ethyl adjacent to an activating group) is 2. The van der Waals surface area contributed by atoms with Gasteiger partial charge in [-0.05, 0) is 96.2 Å². The predicted molar refractivity (Wildman–Crippen MR) is 267 cm³/mol. The number of hydrogen-bond donors (Lipinski definition) is 3. The van der Waals surface area contributed by atoms with Crippen LogP contribution in [0.25, 0.3) is 10.8 Å². The molecule has 0 spiro atoms. The van der Waals surface area contributed by atoms with E-state index >= 15 is 0 Å². The summed E-state index contributed by atoms with van der Waals surface area (Å²) in [5, 5.41) is 43.6. The van der Waals surface area contributed by atoms with E-state index in [0.717, 1.165) is 92.4 Å². The lowest BCUT2D eigenvalue weighted by atomic mass is 9.99. The van der Waals surface area contributed by atoms with Crippen LogP contribution >= 0.6 is 0 Å². The van der Waals surface area contributed by atoms with Crippen LogP contribution in [0.1, 0.15) is 66.6 Å². The molecule has 6 aliphatic heterocycles. The summed E-state index contributed by atoms with van der Waals surface area (Å²) in [7, 11) is 4.24. The highest BCUT2D eigenvalue weighted by molar-refractivity contribution is 5.97. The third kappa shape index (κ3) is 10.9. The lowest BCUT2D eigenvalue weighted by Gasteiger charge is -2.41. The minimum Gasteiger partial charge on any atom is -0.465 e. The molecule has 4 saturated heterocycles. The van der Waals surface area contributed by atoms with E-state index in [0.29, 0.717) is 89.7 Å². The molecule has 10 rings (SSSR count). The molecule has 0 bridgehead atoms. The van der Waals surface area contributed by atoms with Crippen LogP contribution in [-0.4, -0.2) is 179 Å². The van der Waals surface area contributed by atoms with Gasteiger partial charge in [0.2, 0.25) is 0 Å². The van der Waals surface area contributed by atoms with E-state index in [2.05, 4.69) is 104 Å². The lowest BCUT2D eigenvalue weighted by molar-refractivity contribution is 0.118. The predicted octanol–water partition coefficient (Wildman–Crippen LogP) is 4.73. The maximum absolute atomic E-state index is 11.8. The normalized spacial score (nSPS) is 22.5. The molecule has 0 unspecified atom stereocenters. The number of aryl methyl sites for hydroxylation is 1. The number of rotatable bonds is 11. The van der Waals surface area contributed by atoms with Crippen molar-refractivity contribution < 1.29 is 29.3 Å². The fourth-order valence-corrected chi connectivity index (χ4v) is 11.2. The molecule has 20 heteroatoms. The maximum atomic E-state index is 11.8. The molecule has 4 atom stereocenters. The molecule has 2 amide bonds. The highest BCUT2D eigenvalue weighted by Crippen LogP contribution is 2.36. The fraction of sp³-hybridized carbons (Fsp3) is 0.569. The summed E-state index contributed by atoms with van der Waals surface area (Å²) in [6.45, 7) is 11.0. The van der Waals surface area contributed by atoms with Gasteiger partial charge in [-0.25, -0.2) is 9.59 Å². The van der Waals surface area contributed by atoms with Gasteiger partial charge in [-0.1, -0.05) is 30.3 Å². The summed E-state index contributed by atoms with van der Waals surface area (Å²) in [4.78, 5) is 56.7. The van der Waals surface area contributed by atoms with Gasteiger partial charge in [0, 0.05) is 86.6 Å². The molecule has 2 aromatic carbocycles. The smallest absolute Gasteiger partial charge is 0.407 e. The first kappa shape index (κ1) is 49.2. The number of amides is 2. The molecule has 0 saturated carbocycles. The van der Waals surface area contributed by atoms with Crippen molar-refractivity contribution in [2.24, 2.45) is 0 Å². The Labute approximate surface area is 415 Å². The van der Waals surface area contributed by atoms with Crippen molar-refractivity contribution >= 4 is 40.3 Å². The Hall–Kier alpha value is -6.74. The number of fused-ring (bicyclic) bond motifs is 3. The second kappa shape index (κ2) is 22.1. The number of benzene rings is 2. The Morgan fingerprint density at radius 1 is 0.690 bits per heavy atom. The van der Waals surface area contributed by atoms with Gasteiger partial charge in [0.1, 0.15) is 24.8 Å². The molecule has 2 aromatic heterocycles. The molecule has 4 fully saturated rings. The average molecular weight is 971 g/mol. The van der Waals surface area contributed by atoms with Crippen molar-refractivity contribution in [1.82, 2.24) is 44.9 Å². The number of nitrogens with one attached hydrogen (secondary N) is 1. The zero-order valence-corrected chi connectivity index (χ0v) is 41.2. The zero-order chi connectivity index (χ0) is 49.6. The van der Waals surface area contributed by atoms with Crippen LogP contribution in [0.4, 0.5) is 26.9 Å². The molecular formula is C51H66N14O6. The average Bonchev–Trinajstić information content (AvgIpc) is 4.00. The molecule has 20 nitrogen and oxygen atoms in total. The molecule has 8 heterocycles. The van der Waals surface area contributed by atoms with E-state index < -0.39 is 18.2 Å². The number of nitriles is 2. The molecule has 0 aliphatic carbocycles. The topological polar surface area (TPSA) is 227 Å². The van der Waals surface area contributed by atoms with E-state index in [9.17, 15) is 25.1 Å². The third-order valence-electron chi connectivity index (χ3n) is 15.2. The lowest BCUT2D eigenvalue weighted by Crippen LogP contribution is -2.55. The van der Waals surface area contributed by atoms with E-state index in [1.807, 2.05) is 0 Å². The third-order valence-corrected chi connectivity index (χ3v) is 15.2. The number of hydrogen-bond acceptors (Lipinski definition) is 16. The summed E-state index contributed by atoms with van der Waals surface area (Å²) in [5.74, 6) is 1.63. The van der Waals surface area contributed by atoms with Crippen molar-refractivity contribution in [2.75, 3.05) is 107 Å². The van der Waals surface area contributed by atoms with Crippen LogP contribution in [0.5, 0.6) is 12.0 Å². The van der Waals surface area contributed by atoms with Crippen LogP contribution in [-0.2, 0) is 25.9 Å². The first-order valence-corrected chi connectivity index (χ1v) is 25.1. The standard InChI is InChI=1S/C31H37N7O3.C20H29N7O3/c1-21-6-3-7-22-8-4-10-27(28(21)22)36-15-12-25-26(19-36)33-30(41-20-24-9-5-14-35(24)2)34-29(25)37-16-17-38(31(39)40)23(18-37)11-13-32;1-25-8-2-3-15(25)13-30-19-23-17-11-22-7-5-16(17)18(24-19)26-9-10-27(20(28)29)14(12-26)4-6-21/h3-4,6-8,10,23-24H,5,9,11-12,14-20H2,1-2H3,(H,39,40);14-15,22H,2-5,7-13H2,1H3,(H,28,29)/t23-,24-;14-,15-/m00/s1. The van der Waals surface area contributed by atoms with E-state index in [1.54, 1.807) is 0 Å². The number of nitrogens with zero attached hydrogens (tertiary/aromatic N) is 13. The van der Waals surface area contributed by atoms with Gasteiger partial charge in [-0.15, -0.1) is 0 Å². The minimum atomic E-state index is -0.986. The number of likely N-dealkylation sites (tertiary alicyclic amines) is 2. The fourth-order valence-electron chi connectivity index (χ4n) is 11.2. The van der Waals surface area contributed by atoms with Gasteiger partial charge in [-0.2, -0.15) is 30.5 Å². The highest BCUT2D eigenvalue weighted by Gasteiger charge is 2.36. The van der Waals surface area contributed by atoms with Crippen LogP contribution in [0.3, 0.4) is 0 Å². The minimum absolute atomic E-state index is 0.141. The van der Waals surface area contributed by atoms with Gasteiger partial charge in [0.25, 0.3) is 0 Å². The monoisotopic (exact) mass is 971 g/mol. The SMILES string of the molecule is CN1CCC[C@H]1COc1nc2c(c(N3CCN(C(=O)O)[C@@H](CC#N)C3)n1)CCNC2.Cc1cccc2cccc(N3CCc4c(nc(OC[C@@H]5CCCN5C)nc4N4CCN(C(=O)O)[C@@H](CC#N)C4)C3)c12. The molecule has 0 radical (unpaired) electrons. The van der Waals surface area contributed by atoms with Crippen LogP contribution in [0.15, 0.2) is 36.4 Å². The van der Waals surface area contributed by atoms with Gasteiger partial charge in [0.15, 0.2) is 0 Å². The molecule has 6 aliphatic rings. The summed E-state index contributed by atoms with van der Waals surface area (Å²) in [6.07, 6.45) is 4.47. The Bertz CT molecular complexity index is 2650. The van der Waals surface area contributed by atoms with Crippen LogP contribution in [0.2, 0.25) is 0 Å². The first-order valence-electron chi connectivity index (χ1n) is 25.1. The summed E-state index contributed by atoms with van der Waals surface area (Å²) < 4.78 is 12.3. The Morgan fingerprint density at radius 2 is 1.24 bits per heavy atom. The first-order chi connectivity index (χ1) is 34.5. The number of anilines is 3. The molecular weight excluding hydrogens is 905 g/mol. The van der Waals surface area contributed by atoms with Crippen molar-refractivity contribution in [2.45, 2.75) is 95.5 Å². The van der Waals surface area contributed by atoms with Crippen LogP contribution in [0, 0.1) is 29.6 Å². The summed E-state index contributed by atoms with van der Waals surface area (Å²) >= 11 is 0. The van der Waals surface area contributed by atoms with Crippen molar-refractivity contribution in [3.8, 4) is 24.2 Å². The Kier molecular flexibility index (Phi) is 15.4. The summed E-state index contributed by atoms with van der Waals surface area (Å²) in [5.41, 5.74) is 6.52. The molecule has 3 N–H and O–H groups in total. The number of carboxylic acid groups (broad SMARTS) is 2. The second-order valence-corrected chi connectivity index (χ2v) is 19.6. The van der Waals surface area contributed by atoms with E-state index in [-0.39, 0.29) is 18.9 Å². The van der Waals surface area contributed by atoms with Crippen molar-refractivity contribution in [3.63, 3.8) is 0 Å². The van der Waals surface area contributed by atoms with Gasteiger partial charge in [0.05, 0.1) is 55.0 Å². The van der Waals surface area contributed by atoms with Gasteiger partial charge in [-0.3, -0.25) is 0 Å². The number of carbonyl (C=O) groups is 2. The number of ether oxygens (including phenoxy) is 2. The Morgan fingerprint density at radius 3 is 1.77 bits per heavy atom.